The van der Waals surface area contributed by atoms with Crippen molar-refractivity contribution in [1.29, 1.82) is 0 Å². The predicted molar refractivity (Wildman–Crippen MR) is 141 cm³/mol. The van der Waals surface area contributed by atoms with E-state index in [1.165, 1.54) is 0 Å². The second-order valence-electron chi connectivity index (χ2n) is 11.2. The van der Waals surface area contributed by atoms with Crippen LogP contribution in [-0.2, 0) is 19.8 Å². The lowest BCUT2D eigenvalue weighted by Crippen LogP contribution is -2.61. The molecule has 7 heteroatoms. The third-order valence-electron chi connectivity index (χ3n) is 6.70. The number of nitrogens with zero attached hydrogens (tertiary/aromatic N) is 1. The summed E-state index contributed by atoms with van der Waals surface area (Å²) in [6.45, 7) is 15.4. The summed E-state index contributed by atoms with van der Waals surface area (Å²) in [5.41, 5.74) is 0.176. The number of rotatable bonds is 11. The quantitative estimate of drug-likeness (QED) is 0.410. The first-order chi connectivity index (χ1) is 16.1. The molecule has 0 radical (unpaired) electrons. The van der Waals surface area contributed by atoms with Crippen molar-refractivity contribution in [3.63, 3.8) is 0 Å². The Morgan fingerprint density at radius 3 is 1.97 bits per heavy atom. The highest BCUT2D eigenvalue weighted by Crippen LogP contribution is 2.29. The van der Waals surface area contributed by atoms with E-state index in [4.69, 9.17) is 0 Å². The van der Waals surface area contributed by atoms with E-state index in [1.807, 2.05) is 78.8 Å². The number of likely N-dealkylation sites (N-methyl/N-ethyl adjacent to an activating group) is 2. The number of carbonyl (C=O) groups is 3. The third-order valence-corrected chi connectivity index (χ3v) is 6.70. The number of carboxylic acids is 1. The van der Waals surface area contributed by atoms with E-state index in [1.54, 1.807) is 32.0 Å². The molecule has 0 saturated carbocycles. The molecular weight excluding hydrogens is 442 g/mol. The average molecular weight is 488 g/mol. The van der Waals surface area contributed by atoms with Gasteiger partial charge >= 0.3 is 5.97 Å². The molecule has 1 aromatic carbocycles. The molecule has 0 aliphatic rings. The fourth-order valence-electron chi connectivity index (χ4n) is 4.38. The van der Waals surface area contributed by atoms with E-state index in [0.717, 1.165) is 5.56 Å². The number of nitrogens with one attached hydrogen (secondary N) is 2. The highest BCUT2D eigenvalue weighted by atomic mass is 16.4. The minimum atomic E-state index is -0.986. The van der Waals surface area contributed by atoms with E-state index in [9.17, 15) is 19.5 Å². The van der Waals surface area contributed by atoms with Gasteiger partial charge in [0.05, 0.1) is 12.1 Å². The summed E-state index contributed by atoms with van der Waals surface area (Å²) in [6, 6.07) is 8.01. The van der Waals surface area contributed by atoms with Gasteiger partial charge in [-0.2, -0.15) is 0 Å². The maximum absolute atomic E-state index is 13.8. The number of aliphatic carboxylic acids is 1. The summed E-state index contributed by atoms with van der Waals surface area (Å²) in [5, 5.41) is 15.7. The van der Waals surface area contributed by atoms with E-state index < -0.39 is 34.9 Å². The molecular formula is C28H45N3O4. The highest BCUT2D eigenvalue weighted by molar-refractivity contribution is 5.91. The van der Waals surface area contributed by atoms with Gasteiger partial charge in [-0.3, -0.25) is 9.59 Å². The molecule has 0 heterocycles. The van der Waals surface area contributed by atoms with Crippen molar-refractivity contribution in [3.05, 3.63) is 47.5 Å². The van der Waals surface area contributed by atoms with Crippen LogP contribution in [0.5, 0.6) is 0 Å². The van der Waals surface area contributed by atoms with Crippen LogP contribution in [0.25, 0.3) is 0 Å². The molecule has 0 aliphatic heterocycles. The number of amides is 2. The first-order valence-electron chi connectivity index (χ1n) is 12.3. The zero-order chi connectivity index (χ0) is 27.1. The molecule has 0 aromatic heterocycles. The van der Waals surface area contributed by atoms with Gasteiger partial charge in [-0.1, -0.05) is 91.8 Å². The van der Waals surface area contributed by atoms with Crippen molar-refractivity contribution in [3.8, 4) is 0 Å². The molecule has 2 amide bonds. The van der Waals surface area contributed by atoms with Crippen LogP contribution in [0.15, 0.2) is 42.0 Å². The summed E-state index contributed by atoms with van der Waals surface area (Å²) < 4.78 is 0. The maximum atomic E-state index is 13.8. The molecule has 0 bridgehead atoms. The van der Waals surface area contributed by atoms with Crippen LogP contribution in [0.2, 0.25) is 0 Å². The van der Waals surface area contributed by atoms with Gasteiger partial charge in [0.1, 0.15) is 6.04 Å². The van der Waals surface area contributed by atoms with Gasteiger partial charge in [-0.15, -0.1) is 0 Å². The average Bonchev–Trinajstić information content (AvgIpc) is 2.76. The lowest BCUT2D eigenvalue weighted by molar-refractivity contribution is -0.141. The van der Waals surface area contributed by atoms with Gasteiger partial charge in [0.15, 0.2) is 0 Å². The maximum Gasteiger partial charge on any atom is 0.331 e. The molecule has 1 aromatic rings. The number of carbonyl (C=O) groups excluding carboxylic acids is 2. The number of benzene rings is 1. The molecule has 3 atom stereocenters. The fourth-order valence-corrected chi connectivity index (χ4v) is 4.38. The number of hydrogen-bond acceptors (Lipinski definition) is 4. The first kappa shape index (κ1) is 30.4. The summed E-state index contributed by atoms with van der Waals surface area (Å²) in [6.07, 6.45) is 2.01. The van der Waals surface area contributed by atoms with Crippen LogP contribution >= 0.6 is 0 Å². The highest BCUT2D eigenvalue weighted by Gasteiger charge is 2.41. The molecule has 7 nitrogen and oxygen atoms in total. The minimum Gasteiger partial charge on any atom is -0.478 e. The van der Waals surface area contributed by atoms with Gasteiger partial charge in [0, 0.05) is 18.0 Å². The third kappa shape index (κ3) is 7.66. The first-order valence-corrected chi connectivity index (χ1v) is 12.3. The van der Waals surface area contributed by atoms with Crippen molar-refractivity contribution in [2.45, 2.75) is 85.4 Å². The van der Waals surface area contributed by atoms with E-state index >= 15 is 0 Å². The standard InChI is InChI=1S/C28H45N3O4/c1-11-19(26(34)35)17-21(18(2)3)31(10)25(33)23(27(4,5)6)30-24(32)22(29-9)28(7,8)20-15-13-12-14-16-20/h12-18,21-23,29H,11H2,1-10H3,(H,30,32)(H,34,35)/b19-17+/t21-,22-,23-/m1/s1. The Hall–Kier alpha value is -2.67. The lowest BCUT2D eigenvalue weighted by Gasteiger charge is -2.40. The van der Waals surface area contributed by atoms with Crippen LogP contribution in [0, 0.1) is 11.3 Å². The van der Waals surface area contributed by atoms with E-state index in [-0.39, 0.29) is 23.3 Å². The van der Waals surface area contributed by atoms with Gasteiger partial charge in [0.25, 0.3) is 0 Å². The molecule has 0 aliphatic carbocycles. The second kappa shape index (κ2) is 12.3. The summed E-state index contributed by atoms with van der Waals surface area (Å²) in [7, 11) is 3.42. The molecule has 196 valence electrons. The number of carboxylic acid groups (broad SMARTS) is 1. The molecule has 0 saturated heterocycles. The van der Waals surface area contributed by atoms with Crippen molar-refractivity contribution < 1.29 is 19.5 Å². The zero-order valence-corrected chi connectivity index (χ0v) is 23.1. The molecule has 0 unspecified atom stereocenters. The SMILES string of the molecule is CC/C(=C\[C@H](C(C)C)N(C)C(=O)[C@@H](NC(=O)[C@@H](NC)C(C)(C)c1ccccc1)C(C)(C)C)C(=O)O. The second-order valence-corrected chi connectivity index (χ2v) is 11.2. The Labute approximate surface area is 211 Å². The largest absolute Gasteiger partial charge is 0.478 e. The van der Waals surface area contributed by atoms with Crippen LogP contribution in [0.1, 0.15) is 67.4 Å². The van der Waals surface area contributed by atoms with Crippen LogP contribution in [0.4, 0.5) is 0 Å². The lowest BCUT2D eigenvalue weighted by atomic mass is 9.76. The van der Waals surface area contributed by atoms with Crippen molar-refractivity contribution in [1.82, 2.24) is 15.5 Å². The monoisotopic (exact) mass is 487 g/mol. The Bertz CT molecular complexity index is 901. The van der Waals surface area contributed by atoms with E-state index in [2.05, 4.69) is 10.6 Å². The summed E-state index contributed by atoms with van der Waals surface area (Å²) in [5.74, 6) is -1.52. The van der Waals surface area contributed by atoms with Crippen molar-refractivity contribution in [2.24, 2.45) is 11.3 Å². The molecule has 3 N–H and O–H groups in total. The molecule has 0 fully saturated rings. The summed E-state index contributed by atoms with van der Waals surface area (Å²) in [4.78, 5) is 40.5. The molecule has 0 spiro atoms. The van der Waals surface area contributed by atoms with Gasteiger partial charge < -0.3 is 20.6 Å². The smallest absolute Gasteiger partial charge is 0.331 e. The topological polar surface area (TPSA) is 98.7 Å². The van der Waals surface area contributed by atoms with Crippen molar-refractivity contribution in [2.75, 3.05) is 14.1 Å². The van der Waals surface area contributed by atoms with E-state index in [0.29, 0.717) is 6.42 Å². The van der Waals surface area contributed by atoms with Gasteiger partial charge in [0.2, 0.25) is 11.8 Å². The number of hydrogen-bond donors (Lipinski definition) is 3. The Morgan fingerprint density at radius 1 is 1.03 bits per heavy atom. The summed E-state index contributed by atoms with van der Waals surface area (Å²) >= 11 is 0. The normalized spacial score (nSPS) is 15.3. The zero-order valence-electron chi connectivity index (χ0n) is 23.1. The van der Waals surface area contributed by atoms with Crippen LogP contribution in [-0.4, -0.2) is 60.0 Å². The van der Waals surface area contributed by atoms with Crippen molar-refractivity contribution >= 4 is 17.8 Å². The van der Waals surface area contributed by atoms with Crippen LogP contribution in [0.3, 0.4) is 0 Å². The predicted octanol–water partition coefficient (Wildman–Crippen LogP) is 3.99. The molecule has 1 rings (SSSR count). The molecule has 35 heavy (non-hydrogen) atoms. The Balaban J connectivity index is 3.32. The Kier molecular flexibility index (Phi) is 10.7. The van der Waals surface area contributed by atoms with Gasteiger partial charge in [-0.05, 0) is 30.4 Å². The van der Waals surface area contributed by atoms with Gasteiger partial charge in [-0.25, -0.2) is 4.79 Å². The minimum absolute atomic E-state index is 0.0109. The Morgan fingerprint density at radius 2 is 1.57 bits per heavy atom. The fraction of sp³-hybridized carbons (Fsp3) is 0.607. The van der Waals surface area contributed by atoms with Crippen LogP contribution < -0.4 is 10.6 Å².